The molecule has 0 aliphatic carbocycles. The Bertz CT molecular complexity index is 1020. The standard InChI is InChI=1S/C24H33N5O2.HI/c1-5-31-23-17-19(12-13-22(23)30-4)9-8-14-26-24(25-3)27-15-16-29-18(2)28-20-10-6-7-11-21(20)29;/h6-7,10-13,17H,5,8-9,14-16H2,1-4H3,(H2,25,26,27);1H. The molecular weight excluding hydrogens is 517 g/mol. The van der Waals surface area contributed by atoms with Crippen LogP contribution in [0.5, 0.6) is 11.5 Å². The fourth-order valence-electron chi connectivity index (χ4n) is 3.63. The largest absolute Gasteiger partial charge is 0.493 e. The second kappa shape index (κ2) is 13.1. The normalized spacial score (nSPS) is 11.2. The van der Waals surface area contributed by atoms with Gasteiger partial charge in [-0.3, -0.25) is 4.99 Å². The van der Waals surface area contributed by atoms with Gasteiger partial charge in [0.05, 0.1) is 24.8 Å². The highest BCUT2D eigenvalue weighted by atomic mass is 127. The molecule has 0 aliphatic heterocycles. The number of fused-ring (bicyclic) bond motifs is 1. The molecule has 0 saturated carbocycles. The zero-order valence-corrected chi connectivity index (χ0v) is 21.7. The van der Waals surface area contributed by atoms with Crippen LogP contribution in [0.1, 0.15) is 24.7 Å². The third-order valence-electron chi connectivity index (χ3n) is 5.16. The summed E-state index contributed by atoms with van der Waals surface area (Å²) in [6.07, 6.45) is 1.94. The van der Waals surface area contributed by atoms with E-state index in [0.717, 1.165) is 66.8 Å². The Morgan fingerprint density at radius 3 is 2.62 bits per heavy atom. The summed E-state index contributed by atoms with van der Waals surface area (Å²) in [4.78, 5) is 8.95. The van der Waals surface area contributed by atoms with Crippen molar-refractivity contribution in [3.8, 4) is 11.5 Å². The Labute approximate surface area is 207 Å². The first-order valence-electron chi connectivity index (χ1n) is 10.8. The van der Waals surface area contributed by atoms with E-state index in [4.69, 9.17) is 9.47 Å². The molecule has 7 nitrogen and oxygen atoms in total. The lowest BCUT2D eigenvalue weighted by Gasteiger charge is -2.14. The van der Waals surface area contributed by atoms with Crippen LogP contribution in [0.25, 0.3) is 11.0 Å². The summed E-state index contributed by atoms with van der Waals surface area (Å²) in [7, 11) is 3.46. The van der Waals surface area contributed by atoms with Gasteiger partial charge in [-0.2, -0.15) is 0 Å². The van der Waals surface area contributed by atoms with Gasteiger partial charge in [0.15, 0.2) is 17.5 Å². The predicted molar refractivity (Wildman–Crippen MR) is 142 cm³/mol. The highest BCUT2D eigenvalue weighted by Crippen LogP contribution is 2.28. The SMILES string of the molecule is CCOc1cc(CCCNC(=NC)NCCn2c(C)nc3ccccc32)ccc1OC.I. The molecule has 1 heterocycles. The lowest BCUT2D eigenvalue weighted by Crippen LogP contribution is -2.39. The summed E-state index contributed by atoms with van der Waals surface area (Å²) in [5.41, 5.74) is 3.43. The molecule has 1 aromatic heterocycles. The van der Waals surface area contributed by atoms with E-state index >= 15 is 0 Å². The number of nitrogens with zero attached hydrogens (tertiary/aromatic N) is 3. The van der Waals surface area contributed by atoms with Crippen molar-refractivity contribution in [2.75, 3.05) is 33.9 Å². The van der Waals surface area contributed by atoms with Gasteiger partial charge in [0.2, 0.25) is 0 Å². The molecule has 0 unspecified atom stereocenters. The fourth-order valence-corrected chi connectivity index (χ4v) is 3.63. The van der Waals surface area contributed by atoms with E-state index in [9.17, 15) is 0 Å². The number of benzene rings is 2. The summed E-state index contributed by atoms with van der Waals surface area (Å²) in [6, 6.07) is 14.3. The van der Waals surface area contributed by atoms with Gasteiger partial charge in [-0.15, -0.1) is 24.0 Å². The summed E-state index contributed by atoms with van der Waals surface area (Å²) < 4.78 is 13.2. The lowest BCUT2D eigenvalue weighted by molar-refractivity contribution is 0.310. The number of aliphatic imine (C=N–C) groups is 1. The molecule has 0 bridgehead atoms. The van der Waals surface area contributed by atoms with E-state index < -0.39 is 0 Å². The lowest BCUT2D eigenvalue weighted by atomic mass is 10.1. The van der Waals surface area contributed by atoms with Crippen molar-refractivity contribution in [1.82, 2.24) is 20.2 Å². The number of ether oxygens (including phenoxy) is 2. The number of nitrogens with one attached hydrogen (secondary N) is 2. The minimum atomic E-state index is 0. The van der Waals surface area contributed by atoms with Gasteiger partial charge in [-0.25, -0.2) is 4.98 Å². The average Bonchev–Trinajstić information content (AvgIpc) is 3.11. The molecule has 0 fully saturated rings. The molecule has 0 atom stereocenters. The Kier molecular flexibility index (Phi) is 10.6. The molecule has 3 aromatic rings. The Hall–Kier alpha value is -2.49. The first kappa shape index (κ1) is 25.8. The van der Waals surface area contributed by atoms with Gasteiger partial charge >= 0.3 is 0 Å². The molecular formula is C24H34IN5O2. The number of aryl methyl sites for hydroxylation is 2. The topological polar surface area (TPSA) is 72.7 Å². The van der Waals surface area contributed by atoms with Crippen molar-refractivity contribution >= 4 is 41.0 Å². The number of halogens is 1. The zero-order valence-electron chi connectivity index (χ0n) is 19.4. The molecule has 8 heteroatoms. The van der Waals surface area contributed by atoms with Crippen molar-refractivity contribution in [3.63, 3.8) is 0 Å². The van der Waals surface area contributed by atoms with E-state index in [1.54, 1.807) is 14.2 Å². The summed E-state index contributed by atoms with van der Waals surface area (Å²) >= 11 is 0. The number of methoxy groups -OCH3 is 1. The minimum absolute atomic E-state index is 0. The highest BCUT2D eigenvalue weighted by Gasteiger charge is 2.07. The Morgan fingerprint density at radius 2 is 1.88 bits per heavy atom. The quantitative estimate of drug-likeness (QED) is 0.171. The number of hydrogen-bond acceptors (Lipinski definition) is 4. The number of aromatic nitrogens is 2. The van der Waals surface area contributed by atoms with Gasteiger partial charge in [0, 0.05) is 26.7 Å². The third kappa shape index (κ3) is 6.75. The van der Waals surface area contributed by atoms with Crippen LogP contribution in [0.3, 0.4) is 0 Å². The molecule has 32 heavy (non-hydrogen) atoms. The van der Waals surface area contributed by atoms with E-state index in [0.29, 0.717) is 6.61 Å². The summed E-state index contributed by atoms with van der Waals surface area (Å²) in [5, 5.41) is 6.78. The molecule has 2 N–H and O–H groups in total. The minimum Gasteiger partial charge on any atom is -0.493 e. The molecule has 174 valence electrons. The molecule has 2 aromatic carbocycles. The second-order valence-electron chi connectivity index (χ2n) is 7.25. The van der Waals surface area contributed by atoms with Crippen LogP contribution in [0, 0.1) is 6.92 Å². The number of rotatable bonds is 10. The first-order valence-corrected chi connectivity index (χ1v) is 10.8. The van der Waals surface area contributed by atoms with Crippen molar-refractivity contribution in [2.24, 2.45) is 4.99 Å². The Morgan fingerprint density at radius 1 is 1.09 bits per heavy atom. The van der Waals surface area contributed by atoms with E-state index in [1.165, 1.54) is 5.56 Å². The molecule has 0 amide bonds. The number of imidazole rings is 1. The van der Waals surface area contributed by atoms with Gasteiger partial charge in [0.25, 0.3) is 0 Å². The number of guanidine groups is 1. The van der Waals surface area contributed by atoms with Gasteiger partial charge < -0.3 is 24.7 Å². The maximum absolute atomic E-state index is 5.66. The predicted octanol–water partition coefficient (Wildman–Crippen LogP) is 4.17. The molecule has 0 spiro atoms. The second-order valence-corrected chi connectivity index (χ2v) is 7.25. The van der Waals surface area contributed by atoms with Crippen molar-refractivity contribution < 1.29 is 9.47 Å². The number of hydrogen-bond donors (Lipinski definition) is 2. The molecule has 0 radical (unpaired) electrons. The average molecular weight is 551 g/mol. The van der Waals surface area contributed by atoms with Gasteiger partial charge in [-0.1, -0.05) is 18.2 Å². The summed E-state index contributed by atoms with van der Waals surface area (Å²) in [6.45, 7) is 7.09. The molecule has 0 aliphatic rings. The third-order valence-corrected chi connectivity index (χ3v) is 5.16. The maximum atomic E-state index is 5.66. The van der Waals surface area contributed by atoms with Crippen molar-refractivity contribution in [3.05, 3.63) is 53.9 Å². The van der Waals surface area contributed by atoms with E-state index in [-0.39, 0.29) is 24.0 Å². The smallest absolute Gasteiger partial charge is 0.191 e. The maximum Gasteiger partial charge on any atom is 0.191 e. The van der Waals surface area contributed by atoms with Crippen LogP contribution in [-0.4, -0.2) is 49.4 Å². The molecule has 0 saturated heterocycles. The van der Waals surface area contributed by atoms with Crippen LogP contribution in [0.2, 0.25) is 0 Å². The van der Waals surface area contributed by atoms with Crippen LogP contribution < -0.4 is 20.1 Å². The van der Waals surface area contributed by atoms with Gasteiger partial charge in [-0.05, 0) is 56.5 Å². The molecule has 3 rings (SSSR count). The van der Waals surface area contributed by atoms with E-state index in [1.807, 2.05) is 38.1 Å². The Balaban J connectivity index is 0.00000363. The van der Waals surface area contributed by atoms with Crippen molar-refractivity contribution in [1.29, 1.82) is 0 Å². The first-order chi connectivity index (χ1) is 15.2. The van der Waals surface area contributed by atoms with E-state index in [2.05, 4.69) is 43.4 Å². The monoisotopic (exact) mass is 551 g/mol. The zero-order chi connectivity index (χ0) is 22.1. The van der Waals surface area contributed by atoms with Crippen LogP contribution in [0.4, 0.5) is 0 Å². The number of para-hydroxylation sites is 2. The van der Waals surface area contributed by atoms with Gasteiger partial charge in [0.1, 0.15) is 5.82 Å². The van der Waals surface area contributed by atoms with Crippen molar-refractivity contribution in [2.45, 2.75) is 33.2 Å². The summed E-state index contributed by atoms with van der Waals surface area (Å²) in [5.74, 6) is 3.41. The van der Waals surface area contributed by atoms with Crippen LogP contribution >= 0.6 is 24.0 Å². The fraction of sp³-hybridized carbons (Fsp3) is 0.417. The highest BCUT2D eigenvalue weighted by molar-refractivity contribution is 14.0. The van der Waals surface area contributed by atoms with Crippen LogP contribution in [0.15, 0.2) is 47.5 Å². The van der Waals surface area contributed by atoms with Crippen LogP contribution in [-0.2, 0) is 13.0 Å².